The molecule has 2 aromatic rings. The first-order valence-electron chi connectivity index (χ1n) is 5.37. The van der Waals surface area contributed by atoms with Crippen LogP contribution in [0.3, 0.4) is 0 Å². The summed E-state index contributed by atoms with van der Waals surface area (Å²) in [5, 5.41) is 2.50. The molecule has 5 heteroatoms. The van der Waals surface area contributed by atoms with Crippen molar-refractivity contribution in [1.29, 1.82) is 0 Å². The Morgan fingerprint density at radius 1 is 1.28 bits per heavy atom. The van der Waals surface area contributed by atoms with Crippen LogP contribution in [0.1, 0.15) is 16.5 Å². The molecule has 0 radical (unpaired) electrons. The molecule has 96 valence electrons. The van der Waals surface area contributed by atoms with Gasteiger partial charge >= 0.3 is 0 Å². The number of benzene rings is 1. The topological polar surface area (TPSA) is 44.5 Å². The molecule has 1 aromatic carbocycles. The zero-order valence-electron chi connectivity index (χ0n) is 10.1. The fourth-order valence-electron chi connectivity index (χ4n) is 1.75. The van der Waals surface area contributed by atoms with E-state index in [-0.39, 0.29) is 6.04 Å². The molecule has 0 aliphatic carbocycles. The minimum atomic E-state index is -0.206. The van der Waals surface area contributed by atoms with Gasteiger partial charge < -0.3 is 15.2 Å². The standard InChI is InChI=1S/C13H14ClNO2S/c1-16-10-7-8(6-9(14)13(10)17-2)12(15)11-4-3-5-18-11/h3-7,12H,15H2,1-2H3. The largest absolute Gasteiger partial charge is 0.493 e. The van der Waals surface area contributed by atoms with Crippen LogP contribution in [0.5, 0.6) is 11.5 Å². The summed E-state index contributed by atoms with van der Waals surface area (Å²) in [5.74, 6) is 1.12. The SMILES string of the molecule is COc1cc(C(N)c2cccs2)cc(Cl)c1OC. The zero-order valence-corrected chi connectivity index (χ0v) is 11.7. The Morgan fingerprint density at radius 3 is 2.61 bits per heavy atom. The van der Waals surface area contributed by atoms with Crippen molar-refractivity contribution < 1.29 is 9.47 Å². The third-order valence-corrected chi connectivity index (χ3v) is 3.90. The highest BCUT2D eigenvalue weighted by atomic mass is 35.5. The van der Waals surface area contributed by atoms with Gasteiger partial charge in [-0.2, -0.15) is 0 Å². The van der Waals surface area contributed by atoms with E-state index in [4.69, 9.17) is 26.8 Å². The van der Waals surface area contributed by atoms with Gasteiger partial charge in [0.1, 0.15) is 0 Å². The van der Waals surface area contributed by atoms with Gasteiger partial charge in [0.2, 0.25) is 0 Å². The molecule has 0 saturated heterocycles. The average molecular weight is 284 g/mol. The molecule has 1 atom stereocenters. The van der Waals surface area contributed by atoms with E-state index in [0.29, 0.717) is 16.5 Å². The van der Waals surface area contributed by atoms with Crippen molar-refractivity contribution in [3.63, 3.8) is 0 Å². The Morgan fingerprint density at radius 2 is 2.06 bits per heavy atom. The molecule has 0 amide bonds. The normalized spacial score (nSPS) is 12.2. The van der Waals surface area contributed by atoms with E-state index in [1.807, 2.05) is 29.6 Å². The van der Waals surface area contributed by atoms with Crippen molar-refractivity contribution in [2.75, 3.05) is 14.2 Å². The summed E-state index contributed by atoms with van der Waals surface area (Å²) >= 11 is 7.78. The van der Waals surface area contributed by atoms with Crippen LogP contribution >= 0.6 is 22.9 Å². The third kappa shape index (κ3) is 2.46. The predicted octanol–water partition coefficient (Wildman–Crippen LogP) is 3.47. The molecule has 2 rings (SSSR count). The van der Waals surface area contributed by atoms with Gasteiger partial charge in [-0.05, 0) is 29.1 Å². The zero-order chi connectivity index (χ0) is 13.1. The molecule has 0 saturated carbocycles. The second-order valence-corrected chi connectivity index (χ2v) is 5.12. The lowest BCUT2D eigenvalue weighted by molar-refractivity contribution is 0.354. The Bertz CT molecular complexity index is 528. The molecule has 2 N–H and O–H groups in total. The lowest BCUT2D eigenvalue weighted by Gasteiger charge is -2.15. The van der Waals surface area contributed by atoms with E-state index in [2.05, 4.69) is 0 Å². The number of halogens is 1. The third-order valence-electron chi connectivity index (χ3n) is 2.66. The summed E-state index contributed by atoms with van der Waals surface area (Å²) in [6, 6.07) is 7.44. The number of hydrogen-bond donors (Lipinski definition) is 1. The van der Waals surface area contributed by atoms with Gasteiger partial charge in [-0.3, -0.25) is 0 Å². The van der Waals surface area contributed by atoms with E-state index in [9.17, 15) is 0 Å². The quantitative estimate of drug-likeness (QED) is 0.934. The molecule has 0 fully saturated rings. The molecule has 18 heavy (non-hydrogen) atoms. The molecule has 1 heterocycles. The van der Waals surface area contributed by atoms with E-state index in [1.165, 1.54) is 0 Å². The summed E-state index contributed by atoms with van der Waals surface area (Å²) in [6.07, 6.45) is 0. The van der Waals surface area contributed by atoms with E-state index in [0.717, 1.165) is 10.4 Å². The van der Waals surface area contributed by atoms with Crippen LogP contribution in [-0.2, 0) is 0 Å². The fraction of sp³-hybridized carbons (Fsp3) is 0.231. The summed E-state index contributed by atoms with van der Waals surface area (Å²) in [4.78, 5) is 1.08. The average Bonchev–Trinajstić information content (AvgIpc) is 2.90. The smallest absolute Gasteiger partial charge is 0.179 e. The lowest BCUT2D eigenvalue weighted by atomic mass is 10.1. The Balaban J connectivity index is 2.43. The molecule has 0 aliphatic heterocycles. The number of methoxy groups -OCH3 is 2. The van der Waals surface area contributed by atoms with Crippen molar-refractivity contribution in [1.82, 2.24) is 0 Å². The van der Waals surface area contributed by atoms with Crippen molar-refractivity contribution >= 4 is 22.9 Å². The van der Waals surface area contributed by atoms with Crippen LogP contribution in [0.15, 0.2) is 29.6 Å². The van der Waals surface area contributed by atoms with Crippen LogP contribution in [0.25, 0.3) is 0 Å². The minimum absolute atomic E-state index is 0.206. The molecule has 0 spiro atoms. The first kappa shape index (κ1) is 13.2. The maximum atomic E-state index is 6.20. The molecule has 1 aromatic heterocycles. The minimum Gasteiger partial charge on any atom is -0.493 e. The molecule has 1 unspecified atom stereocenters. The molecular weight excluding hydrogens is 270 g/mol. The van der Waals surface area contributed by atoms with Gasteiger partial charge in [-0.1, -0.05) is 17.7 Å². The van der Waals surface area contributed by atoms with Gasteiger partial charge in [0.15, 0.2) is 11.5 Å². The Hall–Kier alpha value is -1.23. The lowest BCUT2D eigenvalue weighted by Crippen LogP contribution is -2.10. The molecular formula is C13H14ClNO2S. The van der Waals surface area contributed by atoms with Crippen molar-refractivity contribution in [3.05, 3.63) is 45.1 Å². The van der Waals surface area contributed by atoms with E-state index >= 15 is 0 Å². The predicted molar refractivity (Wildman–Crippen MR) is 74.9 cm³/mol. The second-order valence-electron chi connectivity index (χ2n) is 3.73. The Kier molecular flexibility index (Phi) is 4.11. The number of nitrogens with two attached hydrogens (primary N) is 1. The van der Waals surface area contributed by atoms with Gasteiger partial charge in [0.05, 0.1) is 25.3 Å². The first-order valence-corrected chi connectivity index (χ1v) is 6.63. The van der Waals surface area contributed by atoms with E-state index in [1.54, 1.807) is 25.6 Å². The Labute approximate surface area is 115 Å². The summed E-state index contributed by atoms with van der Waals surface area (Å²) < 4.78 is 10.5. The van der Waals surface area contributed by atoms with Crippen LogP contribution in [0.4, 0.5) is 0 Å². The molecule has 0 bridgehead atoms. The fourth-order valence-corrected chi connectivity index (χ4v) is 2.80. The van der Waals surface area contributed by atoms with Crippen molar-refractivity contribution in [2.45, 2.75) is 6.04 Å². The number of thiophene rings is 1. The maximum Gasteiger partial charge on any atom is 0.179 e. The highest BCUT2D eigenvalue weighted by Crippen LogP contribution is 2.38. The van der Waals surface area contributed by atoms with Crippen LogP contribution < -0.4 is 15.2 Å². The highest BCUT2D eigenvalue weighted by molar-refractivity contribution is 7.10. The van der Waals surface area contributed by atoms with E-state index < -0.39 is 0 Å². The number of rotatable bonds is 4. The maximum absolute atomic E-state index is 6.20. The van der Waals surface area contributed by atoms with Crippen LogP contribution in [0, 0.1) is 0 Å². The van der Waals surface area contributed by atoms with Crippen molar-refractivity contribution in [3.8, 4) is 11.5 Å². The number of hydrogen-bond acceptors (Lipinski definition) is 4. The molecule has 3 nitrogen and oxygen atoms in total. The summed E-state index contributed by atoms with van der Waals surface area (Å²) in [7, 11) is 3.14. The van der Waals surface area contributed by atoms with Gasteiger partial charge in [0, 0.05) is 4.88 Å². The van der Waals surface area contributed by atoms with Crippen LogP contribution in [-0.4, -0.2) is 14.2 Å². The van der Waals surface area contributed by atoms with Gasteiger partial charge in [0.25, 0.3) is 0 Å². The summed E-state index contributed by atoms with van der Waals surface area (Å²) in [6.45, 7) is 0. The number of ether oxygens (including phenoxy) is 2. The highest BCUT2D eigenvalue weighted by Gasteiger charge is 2.16. The first-order chi connectivity index (χ1) is 8.67. The summed E-state index contributed by atoms with van der Waals surface area (Å²) in [5.41, 5.74) is 7.10. The second kappa shape index (κ2) is 5.61. The van der Waals surface area contributed by atoms with Crippen LogP contribution in [0.2, 0.25) is 5.02 Å². The van der Waals surface area contributed by atoms with Gasteiger partial charge in [-0.15, -0.1) is 11.3 Å². The molecule has 0 aliphatic rings. The van der Waals surface area contributed by atoms with Gasteiger partial charge in [-0.25, -0.2) is 0 Å². The van der Waals surface area contributed by atoms with Crippen molar-refractivity contribution in [2.24, 2.45) is 5.73 Å². The monoisotopic (exact) mass is 283 g/mol.